The second kappa shape index (κ2) is 8.37. The number of alkyl halides is 3. The van der Waals surface area contributed by atoms with Crippen LogP contribution in [0.25, 0.3) is 0 Å². The second-order valence-electron chi connectivity index (χ2n) is 7.97. The molecular formula is C20H26F4N2O2. The van der Waals surface area contributed by atoms with Crippen LogP contribution < -0.4 is 0 Å². The fourth-order valence-corrected chi connectivity index (χ4v) is 4.46. The summed E-state index contributed by atoms with van der Waals surface area (Å²) in [6.45, 7) is 1.97. The van der Waals surface area contributed by atoms with Gasteiger partial charge in [-0.3, -0.25) is 9.69 Å². The van der Waals surface area contributed by atoms with Gasteiger partial charge in [0.2, 0.25) is 0 Å². The number of aliphatic hydroxyl groups excluding tert-OH is 1. The Kier molecular flexibility index (Phi) is 6.29. The summed E-state index contributed by atoms with van der Waals surface area (Å²) in [4.78, 5) is 14.7. The first kappa shape index (κ1) is 21.0. The summed E-state index contributed by atoms with van der Waals surface area (Å²) in [5.41, 5.74) is 0.786. The first-order chi connectivity index (χ1) is 13.2. The Hall–Kier alpha value is -1.67. The number of hydrogen-bond acceptors (Lipinski definition) is 3. The zero-order valence-corrected chi connectivity index (χ0v) is 15.8. The molecule has 1 spiro atoms. The molecule has 0 saturated carbocycles. The number of benzene rings is 1. The van der Waals surface area contributed by atoms with Gasteiger partial charge in [-0.2, -0.15) is 13.2 Å². The molecule has 2 aliphatic heterocycles. The molecule has 1 aromatic rings. The van der Waals surface area contributed by atoms with Crippen molar-refractivity contribution in [1.82, 2.24) is 9.80 Å². The average molecular weight is 402 g/mol. The molecule has 28 heavy (non-hydrogen) atoms. The highest BCUT2D eigenvalue weighted by molar-refractivity contribution is 5.82. The largest absolute Gasteiger partial charge is 0.471 e. The molecule has 2 saturated heterocycles. The standard InChI is InChI=1S/C20H26F4N2O2/c21-17-15(5-12-27)3-1-4-16(17)13-25-10-7-19(8-11-25)6-2-9-26(14-19)18(28)20(22,23)24/h1,3-4,27H,2,5-14H2. The van der Waals surface area contributed by atoms with E-state index in [1.165, 1.54) is 0 Å². The Morgan fingerprint density at radius 2 is 1.79 bits per heavy atom. The number of carbonyl (C=O) groups excluding carboxylic acids is 1. The summed E-state index contributed by atoms with van der Waals surface area (Å²) in [7, 11) is 0. The zero-order chi connectivity index (χ0) is 20.4. The molecule has 0 aliphatic carbocycles. The molecule has 2 heterocycles. The molecule has 1 amide bonds. The maximum Gasteiger partial charge on any atom is 0.471 e. The highest BCUT2D eigenvalue weighted by Gasteiger charge is 2.47. The third-order valence-corrected chi connectivity index (χ3v) is 6.04. The van der Waals surface area contributed by atoms with Gasteiger partial charge in [-0.05, 0) is 56.2 Å². The van der Waals surface area contributed by atoms with Crippen molar-refractivity contribution in [3.63, 3.8) is 0 Å². The summed E-state index contributed by atoms with van der Waals surface area (Å²) < 4.78 is 52.8. The van der Waals surface area contributed by atoms with E-state index < -0.39 is 12.1 Å². The zero-order valence-electron chi connectivity index (χ0n) is 15.8. The van der Waals surface area contributed by atoms with Crippen molar-refractivity contribution in [1.29, 1.82) is 0 Å². The van der Waals surface area contributed by atoms with Crippen molar-refractivity contribution in [2.45, 2.75) is 44.8 Å². The van der Waals surface area contributed by atoms with Gasteiger partial charge in [-0.25, -0.2) is 4.39 Å². The molecule has 8 heteroatoms. The van der Waals surface area contributed by atoms with E-state index in [0.717, 1.165) is 11.3 Å². The van der Waals surface area contributed by atoms with Gasteiger partial charge >= 0.3 is 12.1 Å². The SMILES string of the molecule is O=C(N1CCCC2(CCN(Cc3cccc(CCO)c3F)CC2)C1)C(F)(F)F. The quantitative estimate of drug-likeness (QED) is 0.787. The number of nitrogens with zero attached hydrogens (tertiary/aromatic N) is 2. The van der Waals surface area contributed by atoms with E-state index in [4.69, 9.17) is 5.11 Å². The molecule has 1 N–H and O–H groups in total. The lowest BCUT2D eigenvalue weighted by Crippen LogP contribution is -2.53. The lowest BCUT2D eigenvalue weighted by Gasteiger charge is -2.47. The predicted molar refractivity (Wildman–Crippen MR) is 96.0 cm³/mol. The van der Waals surface area contributed by atoms with Crippen molar-refractivity contribution >= 4 is 5.91 Å². The Morgan fingerprint density at radius 3 is 2.43 bits per heavy atom. The van der Waals surface area contributed by atoms with E-state index in [1.807, 2.05) is 0 Å². The number of amides is 1. The topological polar surface area (TPSA) is 43.8 Å². The first-order valence-electron chi connectivity index (χ1n) is 9.70. The Morgan fingerprint density at radius 1 is 1.11 bits per heavy atom. The van der Waals surface area contributed by atoms with E-state index in [2.05, 4.69) is 4.90 Å². The molecule has 1 aromatic carbocycles. The van der Waals surface area contributed by atoms with E-state index in [9.17, 15) is 22.4 Å². The number of halogens is 4. The molecule has 0 atom stereocenters. The van der Waals surface area contributed by atoms with E-state index >= 15 is 0 Å². The highest BCUT2D eigenvalue weighted by Crippen LogP contribution is 2.41. The molecule has 3 rings (SSSR count). The fraction of sp³-hybridized carbons (Fsp3) is 0.650. The minimum atomic E-state index is -4.82. The minimum Gasteiger partial charge on any atom is -0.396 e. The molecule has 0 bridgehead atoms. The molecular weight excluding hydrogens is 376 g/mol. The van der Waals surface area contributed by atoms with Crippen molar-refractivity contribution in [3.8, 4) is 0 Å². The van der Waals surface area contributed by atoms with Crippen LogP contribution in [0.4, 0.5) is 17.6 Å². The monoisotopic (exact) mass is 402 g/mol. The summed E-state index contributed by atoms with van der Waals surface area (Å²) in [5, 5.41) is 9.03. The van der Waals surface area contributed by atoms with Crippen LogP contribution in [0.2, 0.25) is 0 Å². The van der Waals surface area contributed by atoms with Gasteiger partial charge in [-0.1, -0.05) is 18.2 Å². The highest BCUT2D eigenvalue weighted by atomic mass is 19.4. The minimum absolute atomic E-state index is 0.111. The predicted octanol–water partition coefficient (Wildman–Crippen LogP) is 3.13. The first-order valence-corrected chi connectivity index (χ1v) is 9.70. The molecule has 0 radical (unpaired) electrons. The van der Waals surface area contributed by atoms with Crippen molar-refractivity contribution in [3.05, 3.63) is 35.1 Å². The van der Waals surface area contributed by atoms with E-state index in [0.29, 0.717) is 50.0 Å². The summed E-state index contributed by atoms with van der Waals surface area (Å²) >= 11 is 0. The maximum absolute atomic E-state index is 14.5. The lowest BCUT2D eigenvalue weighted by atomic mass is 9.72. The van der Waals surface area contributed by atoms with Gasteiger partial charge in [0.05, 0.1) is 0 Å². The van der Waals surface area contributed by atoms with Crippen LogP contribution in [0, 0.1) is 11.2 Å². The Labute approximate surface area is 162 Å². The van der Waals surface area contributed by atoms with Gasteiger partial charge in [0.25, 0.3) is 0 Å². The molecule has 4 nitrogen and oxygen atoms in total. The number of aliphatic hydroxyl groups is 1. The summed E-state index contributed by atoms with van der Waals surface area (Å²) in [6.07, 6.45) is -1.75. The van der Waals surface area contributed by atoms with E-state index in [1.54, 1.807) is 18.2 Å². The number of piperidine rings is 2. The number of likely N-dealkylation sites (tertiary alicyclic amines) is 2. The van der Waals surface area contributed by atoms with Crippen molar-refractivity contribution in [2.24, 2.45) is 5.41 Å². The smallest absolute Gasteiger partial charge is 0.396 e. The number of rotatable bonds is 4. The van der Waals surface area contributed by atoms with Gasteiger partial charge in [0.15, 0.2) is 0 Å². The molecule has 0 aromatic heterocycles. The van der Waals surface area contributed by atoms with Gasteiger partial charge in [0, 0.05) is 31.8 Å². The maximum atomic E-state index is 14.5. The normalized spacial score (nSPS) is 20.5. The van der Waals surface area contributed by atoms with Crippen LogP contribution >= 0.6 is 0 Å². The third-order valence-electron chi connectivity index (χ3n) is 6.04. The number of hydrogen-bond donors (Lipinski definition) is 1. The van der Waals surface area contributed by atoms with Crippen LogP contribution in [-0.4, -0.2) is 59.8 Å². The molecule has 2 aliphatic rings. The molecule has 0 unspecified atom stereocenters. The average Bonchev–Trinajstić information content (AvgIpc) is 2.66. The number of carbonyl (C=O) groups is 1. The van der Waals surface area contributed by atoms with Crippen molar-refractivity contribution < 1.29 is 27.5 Å². The summed E-state index contributed by atoms with van der Waals surface area (Å²) in [6, 6.07) is 5.16. The van der Waals surface area contributed by atoms with Gasteiger partial charge in [0.1, 0.15) is 5.82 Å². The van der Waals surface area contributed by atoms with Crippen LogP contribution in [0.1, 0.15) is 36.8 Å². The summed E-state index contributed by atoms with van der Waals surface area (Å²) in [5.74, 6) is -2.03. The second-order valence-corrected chi connectivity index (χ2v) is 7.97. The Bertz CT molecular complexity index is 700. The van der Waals surface area contributed by atoms with Gasteiger partial charge in [-0.15, -0.1) is 0 Å². The van der Waals surface area contributed by atoms with Crippen molar-refractivity contribution in [2.75, 3.05) is 32.8 Å². The van der Waals surface area contributed by atoms with Gasteiger partial charge < -0.3 is 10.0 Å². The van der Waals surface area contributed by atoms with Crippen LogP contribution in [0.3, 0.4) is 0 Å². The van der Waals surface area contributed by atoms with Crippen LogP contribution in [0.15, 0.2) is 18.2 Å². The van der Waals surface area contributed by atoms with Crippen LogP contribution in [-0.2, 0) is 17.8 Å². The molecule has 2 fully saturated rings. The lowest BCUT2D eigenvalue weighted by molar-refractivity contribution is -0.189. The third kappa shape index (κ3) is 4.66. The Balaban J connectivity index is 1.60. The van der Waals surface area contributed by atoms with E-state index in [-0.39, 0.29) is 37.3 Å². The van der Waals surface area contributed by atoms with Crippen LogP contribution in [0.5, 0.6) is 0 Å². The fourth-order valence-electron chi connectivity index (χ4n) is 4.46. The molecule has 156 valence electrons.